The number of aryl methyl sites for hydroxylation is 1. The summed E-state index contributed by atoms with van der Waals surface area (Å²) in [6, 6.07) is 10.8. The summed E-state index contributed by atoms with van der Waals surface area (Å²) < 4.78 is 0. The standard InChI is InChI=1S/C17H21N3/c1-14-12-18-13-17(19-14)20-9-7-16(8-10-20)11-15-5-3-2-4-6-15/h2-6,12-13,16H,7-11H2,1H3. The molecular formula is C17H21N3. The lowest BCUT2D eigenvalue weighted by atomic mass is 9.90. The summed E-state index contributed by atoms with van der Waals surface area (Å²) in [6.07, 6.45) is 7.37. The molecule has 0 aliphatic carbocycles. The van der Waals surface area contributed by atoms with E-state index in [4.69, 9.17) is 0 Å². The summed E-state index contributed by atoms with van der Waals surface area (Å²) in [5.41, 5.74) is 2.45. The van der Waals surface area contributed by atoms with Crippen LogP contribution in [0, 0.1) is 12.8 Å². The van der Waals surface area contributed by atoms with Gasteiger partial charge in [0.25, 0.3) is 0 Å². The molecule has 1 aromatic heterocycles. The largest absolute Gasteiger partial charge is 0.355 e. The van der Waals surface area contributed by atoms with Gasteiger partial charge in [0, 0.05) is 19.3 Å². The number of hydrogen-bond acceptors (Lipinski definition) is 3. The van der Waals surface area contributed by atoms with Gasteiger partial charge in [-0.1, -0.05) is 30.3 Å². The van der Waals surface area contributed by atoms with Crippen LogP contribution in [0.25, 0.3) is 0 Å². The molecule has 0 N–H and O–H groups in total. The molecule has 3 rings (SSSR count). The number of aromatic nitrogens is 2. The molecule has 0 amide bonds. The number of hydrogen-bond donors (Lipinski definition) is 0. The van der Waals surface area contributed by atoms with Gasteiger partial charge in [-0.2, -0.15) is 0 Å². The molecule has 1 saturated heterocycles. The Morgan fingerprint density at radius 1 is 1.10 bits per heavy atom. The van der Waals surface area contributed by atoms with Crippen LogP contribution in [-0.4, -0.2) is 23.1 Å². The highest BCUT2D eigenvalue weighted by Crippen LogP contribution is 2.24. The summed E-state index contributed by atoms with van der Waals surface area (Å²) >= 11 is 0. The van der Waals surface area contributed by atoms with Crippen LogP contribution < -0.4 is 4.90 Å². The molecule has 104 valence electrons. The van der Waals surface area contributed by atoms with Crippen molar-refractivity contribution >= 4 is 5.82 Å². The molecule has 20 heavy (non-hydrogen) atoms. The first-order valence-electron chi connectivity index (χ1n) is 7.39. The molecule has 3 heteroatoms. The maximum Gasteiger partial charge on any atom is 0.147 e. The zero-order valence-electron chi connectivity index (χ0n) is 12.0. The molecule has 2 heterocycles. The van der Waals surface area contributed by atoms with Crippen molar-refractivity contribution in [1.29, 1.82) is 0 Å². The second-order valence-corrected chi connectivity index (χ2v) is 5.64. The molecule has 0 radical (unpaired) electrons. The van der Waals surface area contributed by atoms with Crippen LogP contribution in [-0.2, 0) is 6.42 Å². The summed E-state index contributed by atoms with van der Waals surface area (Å²) in [7, 11) is 0. The second kappa shape index (κ2) is 6.04. The first-order chi connectivity index (χ1) is 9.81. The highest BCUT2D eigenvalue weighted by Gasteiger charge is 2.20. The first kappa shape index (κ1) is 13.1. The second-order valence-electron chi connectivity index (χ2n) is 5.64. The van der Waals surface area contributed by atoms with Crippen LogP contribution in [0.2, 0.25) is 0 Å². The monoisotopic (exact) mass is 267 g/mol. The highest BCUT2D eigenvalue weighted by molar-refractivity contribution is 5.36. The van der Waals surface area contributed by atoms with Crippen LogP contribution in [0.5, 0.6) is 0 Å². The minimum atomic E-state index is 0.798. The van der Waals surface area contributed by atoms with Gasteiger partial charge in [0.1, 0.15) is 5.82 Å². The average Bonchev–Trinajstić information content (AvgIpc) is 2.49. The number of benzene rings is 1. The average molecular weight is 267 g/mol. The molecule has 1 aliphatic rings. The van der Waals surface area contributed by atoms with Crippen LogP contribution in [0.1, 0.15) is 24.1 Å². The topological polar surface area (TPSA) is 29.0 Å². The third-order valence-electron chi connectivity index (χ3n) is 4.05. The Balaban J connectivity index is 1.57. The maximum atomic E-state index is 4.57. The molecule has 1 fully saturated rings. The van der Waals surface area contributed by atoms with E-state index in [1.807, 2.05) is 19.3 Å². The van der Waals surface area contributed by atoms with E-state index in [1.165, 1.54) is 24.8 Å². The molecule has 0 unspecified atom stereocenters. The van der Waals surface area contributed by atoms with E-state index >= 15 is 0 Å². The SMILES string of the molecule is Cc1cncc(N2CCC(Cc3ccccc3)CC2)n1. The van der Waals surface area contributed by atoms with Gasteiger partial charge in [0.2, 0.25) is 0 Å². The van der Waals surface area contributed by atoms with E-state index in [0.29, 0.717) is 0 Å². The number of anilines is 1. The third kappa shape index (κ3) is 3.16. The number of piperidine rings is 1. The fourth-order valence-corrected chi connectivity index (χ4v) is 2.92. The molecule has 0 saturated carbocycles. The van der Waals surface area contributed by atoms with Gasteiger partial charge in [-0.25, -0.2) is 4.98 Å². The summed E-state index contributed by atoms with van der Waals surface area (Å²) in [4.78, 5) is 11.2. The molecule has 0 atom stereocenters. The fourth-order valence-electron chi connectivity index (χ4n) is 2.92. The number of nitrogens with zero attached hydrogens (tertiary/aromatic N) is 3. The Labute approximate surface area is 120 Å². The molecule has 2 aromatic rings. The van der Waals surface area contributed by atoms with Crippen LogP contribution >= 0.6 is 0 Å². The normalized spacial score (nSPS) is 16.4. The van der Waals surface area contributed by atoms with Crippen LogP contribution in [0.4, 0.5) is 5.82 Å². The predicted molar refractivity (Wildman–Crippen MR) is 81.9 cm³/mol. The van der Waals surface area contributed by atoms with Gasteiger partial charge in [-0.3, -0.25) is 4.98 Å². The lowest BCUT2D eigenvalue weighted by Gasteiger charge is -2.32. The van der Waals surface area contributed by atoms with Crippen LogP contribution in [0.15, 0.2) is 42.7 Å². The van der Waals surface area contributed by atoms with Gasteiger partial charge < -0.3 is 4.90 Å². The quantitative estimate of drug-likeness (QED) is 0.855. The van der Waals surface area contributed by atoms with E-state index in [0.717, 1.165) is 30.5 Å². The van der Waals surface area contributed by atoms with E-state index in [9.17, 15) is 0 Å². The van der Waals surface area contributed by atoms with Gasteiger partial charge in [0.15, 0.2) is 0 Å². The van der Waals surface area contributed by atoms with E-state index in [2.05, 4.69) is 45.2 Å². The van der Waals surface area contributed by atoms with E-state index in [-0.39, 0.29) is 0 Å². The first-order valence-corrected chi connectivity index (χ1v) is 7.39. The van der Waals surface area contributed by atoms with Crippen molar-refractivity contribution < 1.29 is 0 Å². The lowest BCUT2D eigenvalue weighted by Crippen LogP contribution is -2.35. The fraction of sp³-hybridized carbons (Fsp3) is 0.412. The van der Waals surface area contributed by atoms with Crippen molar-refractivity contribution in [3.05, 3.63) is 54.0 Å². The Hall–Kier alpha value is -1.90. The molecule has 3 nitrogen and oxygen atoms in total. The van der Waals surface area contributed by atoms with Gasteiger partial charge in [-0.05, 0) is 37.7 Å². The zero-order valence-corrected chi connectivity index (χ0v) is 12.0. The van der Waals surface area contributed by atoms with Gasteiger partial charge in [-0.15, -0.1) is 0 Å². The summed E-state index contributed by atoms with van der Waals surface area (Å²) in [5.74, 6) is 1.83. The Morgan fingerprint density at radius 3 is 2.55 bits per heavy atom. The minimum absolute atomic E-state index is 0.798. The third-order valence-corrected chi connectivity index (χ3v) is 4.05. The summed E-state index contributed by atoms with van der Waals surface area (Å²) in [6.45, 7) is 4.18. The van der Waals surface area contributed by atoms with Gasteiger partial charge in [0.05, 0.1) is 11.9 Å². The van der Waals surface area contributed by atoms with Crippen molar-refractivity contribution in [2.75, 3.05) is 18.0 Å². The lowest BCUT2D eigenvalue weighted by molar-refractivity contribution is 0.402. The molecule has 1 aliphatic heterocycles. The minimum Gasteiger partial charge on any atom is -0.355 e. The Kier molecular flexibility index (Phi) is 3.95. The van der Waals surface area contributed by atoms with Crippen molar-refractivity contribution in [2.45, 2.75) is 26.2 Å². The Morgan fingerprint density at radius 2 is 1.85 bits per heavy atom. The van der Waals surface area contributed by atoms with Crippen LogP contribution in [0.3, 0.4) is 0 Å². The highest BCUT2D eigenvalue weighted by atomic mass is 15.2. The molecule has 1 aromatic carbocycles. The van der Waals surface area contributed by atoms with Gasteiger partial charge >= 0.3 is 0 Å². The number of rotatable bonds is 3. The van der Waals surface area contributed by atoms with Crippen molar-refractivity contribution in [3.8, 4) is 0 Å². The molecular weight excluding hydrogens is 246 g/mol. The Bertz CT molecular complexity index is 545. The smallest absolute Gasteiger partial charge is 0.147 e. The molecule has 0 bridgehead atoms. The zero-order chi connectivity index (χ0) is 13.8. The predicted octanol–water partition coefficient (Wildman–Crippen LogP) is 3.24. The van der Waals surface area contributed by atoms with Crippen molar-refractivity contribution in [1.82, 2.24) is 9.97 Å². The summed E-state index contributed by atoms with van der Waals surface area (Å²) in [5, 5.41) is 0. The van der Waals surface area contributed by atoms with E-state index in [1.54, 1.807) is 0 Å². The van der Waals surface area contributed by atoms with E-state index < -0.39 is 0 Å². The maximum absolute atomic E-state index is 4.57. The van der Waals surface area contributed by atoms with Crippen molar-refractivity contribution in [3.63, 3.8) is 0 Å². The van der Waals surface area contributed by atoms with Crippen molar-refractivity contribution in [2.24, 2.45) is 5.92 Å². The molecule has 0 spiro atoms.